The molecule has 0 saturated heterocycles. The van der Waals surface area contributed by atoms with Crippen molar-refractivity contribution in [2.75, 3.05) is 0 Å². The fraction of sp³-hybridized carbons (Fsp3) is 0.167. The fourth-order valence-corrected chi connectivity index (χ4v) is 2.50. The molecule has 3 aromatic rings. The number of rotatable bonds is 4. The molecule has 5 nitrogen and oxygen atoms in total. The Balaban J connectivity index is 2.17. The Kier molecular flexibility index (Phi) is 3.93. The molecule has 0 radical (unpaired) electrons. The van der Waals surface area contributed by atoms with E-state index in [1.165, 1.54) is 0 Å². The first-order valence-electron chi connectivity index (χ1n) is 7.42. The first-order valence-corrected chi connectivity index (χ1v) is 7.42. The van der Waals surface area contributed by atoms with Gasteiger partial charge in [0.1, 0.15) is 6.33 Å². The Morgan fingerprint density at radius 1 is 1.09 bits per heavy atom. The second-order valence-corrected chi connectivity index (χ2v) is 5.41. The van der Waals surface area contributed by atoms with E-state index in [4.69, 9.17) is 0 Å². The molecule has 1 heterocycles. The van der Waals surface area contributed by atoms with Crippen LogP contribution in [0.1, 0.15) is 22.8 Å². The van der Waals surface area contributed by atoms with Crippen LogP contribution in [0.15, 0.2) is 48.8 Å². The molecular weight excluding hydrogens is 290 g/mol. The van der Waals surface area contributed by atoms with Crippen molar-refractivity contribution in [3.63, 3.8) is 0 Å². The Labute approximate surface area is 134 Å². The molecule has 1 aromatic heterocycles. The lowest BCUT2D eigenvalue weighted by molar-refractivity contribution is 0.0697. The summed E-state index contributed by atoms with van der Waals surface area (Å²) in [5, 5.41) is 17.5. The van der Waals surface area contributed by atoms with E-state index >= 15 is 0 Å². The Morgan fingerprint density at radius 2 is 1.78 bits per heavy atom. The number of aromatic carboxylic acids is 1. The third-order valence-corrected chi connectivity index (χ3v) is 3.78. The topological polar surface area (TPSA) is 68.0 Å². The summed E-state index contributed by atoms with van der Waals surface area (Å²) in [6.45, 7) is 4.74. The number of nitrogens with zero attached hydrogens (tertiary/aromatic N) is 3. The minimum atomic E-state index is -0.956. The van der Waals surface area contributed by atoms with Crippen molar-refractivity contribution in [1.29, 1.82) is 0 Å². The molecule has 0 fully saturated rings. The Bertz CT molecular complexity index is 851. The van der Waals surface area contributed by atoms with E-state index in [1.807, 2.05) is 48.7 Å². The standard InChI is InChI=1S/C18H17N3O2/c1-3-21-11-19-20-17(21)15-8-14(9-16(10-15)18(22)23)13-6-4-12(2)5-7-13/h4-11H,3H2,1-2H3,(H,22,23). The summed E-state index contributed by atoms with van der Waals surface area (Å²) in [6, 6.07) is 13.3. The van der Waals surface area contributed by atoms with Crippen molar-refractivity contribution in [2.45, 2.75) is 20.4 Å². The summed E-state index contributed by atoms with van der Waals surface area (Å²) in [7, 11) is 0. The average molecular weight is 307 g/mol. The van der Waals surface area contributed by atoms with Crippen molar-refractivity contribution in [2.24, 2.45) is 0 Å². The van der Waals surface area contributed by atoms with Gasteiger partial charge in [-0.25, -0.2) is 4.79 Å². The van der Waals surface area contributed by atoms with Crippen LogP contribution >= 0.6 is 0 Å². The molecule has 0 aliphatic carbocycles. The Morgan fingerprint density at radius 3 is 2.43 bits per heavy atom. The van der Waals surface area contributed by atoms with Crippen LogP contribution in [0, 0.1) is 6.92 Å². The van der Waals surface area contributed by atoms with E-state index in [9.17, 15) is 9.90 Å². The van der Waals surface area contributed by atoms with Crippen LogP contribution in [0.3, 0.4) is 0 Å². The summed E-state index contributed by atoms with van der Waals surface area (Å²) in [5.41, 5.74) is 3.98. The summed E-state index contributed by atoms with van der Waals surface area (Å²) >= 11 is 0. The van der Waals surface area contributed by atoms with Crippen molar-refractivity contribution in [3.8, 4) is 22.5 Å². The molecule has 0 bridgehead atoms. The number of aromatic nitrogens is 3. The zero-order chi connectivity index (χ0) is 16.4. The molecular formula is C18H17N3O2. The normalized spacial score (nSPS) is 10.7. The largest absolute Gasteiger partial charge is 0.478 e. The lowest BCUT2D eigenvalue weighted by Crippen LogP contribution is -2.01. The first kappa shape index (κ1) is 15.0. The van der Waals surface area contributed by atoms with Gasteiger partial charge >= 0.3 is 5.97 Å². The number of hydrogen-bond donors (Lipinski definition) is 1. The molecule has 3 rings (SSSR count). The summed E-state index contributed by atoms with van der Waals surface area (Å²) in [5.74, 6) is -0.285. The van der Waals surface area contributed by atoms with Gasteiger partial charge in [0.15, 0.2) is 5.82 Å². The quantitative estimate of drug-likeness (QED) is 0.799. The second kappa shape index (κ2) is 6.04. The molecule has 0 spiro atoms. The summed E-state index contributed by atoms with van der Waals surface area (Å²) in [4.78, 5) is 11.5. The van der Waals surface area contributed by atoms with Crippen LogP contribution < -0.4 is 0 Å². The zero-order valence-electron chi connectivity index (χ0n) is 13.0. The number of carboxylic acids is 1. The maximum atomic E-state index is 11.5. The highest BCUT2D eigenvalue weighted by atomic mass is 16.4. The van der Waals surface area contributed by atoms with Gasteiger partial charge in [0.05, 0.1) is 5.56 Å². The van der Waals surface area contributed by atoms with Gasteiger partial charge < -0.3 is 9.67 Å². The number of benzene rings is 2. The van der Waals surface area contributed by atoms with Gasteiger partial charge in [0, 0.05) is 12.1 Å². The van der Waals surface area contributed by atoms with Gasteiger partial charge in [-0.2, -0.15) is 0 Å². The van der Waals surface area contributed by atoms with Crippen molar-refractivity contribution in [3.05, 3.63) is 59.9 Å². The molecule has 0 unspecified atom stereocenters. The third-order valence-electron chi connectivity index (χ3n) is 3.78. The maximum Gasteiger partial charge on any atom is 0.335 e. The van der Waals surface area contributed by atoms with Crippen LogP contribution in [0.25, 0.3) is 22.5 Å². The van der Waals surface area contributed by atoms with Crippen LogP contribution in [-0.2, 0) is 6.54 Å². The molecule has 0 saturated carbocycles. The fourth-order valence-electron chi connectivity index (χ4n) is 2.50. The molecule has 1 N–H and O–H groups in total. The molecule has 0 aliphatic heterocycles. The SMILES string of the molecule is CCn1cnnc1-c1cc(C(=O)O)cc(-c2ccc(C)cc2)c1. The van der Waals surface area contributed by atoms with Gasteiger partial charge in [-0.05, 0) is 43.2 Å². The van der Waals surface area contributed by atoms with Crippen molar-refractivity contribution >= 4 is 5.97 Å². The van der Waals surface area contributed by atoms with Crippen LogP contribution in [0.2, 0.25) is 0 Å². The highest BCUT2D eigenvalue weighted by Gasteiger charge is 2.13. The molecule has 5 heteroatoms. The predicted molar refractivity (Wildman–Crippen MR) is 88.3 cm³/mol. The minimum absolute atomic E-state index is 0.240. The van der Waals surface area contributed by atoms with Gasteiger partial charge in [0.2, 0.25) is 0 Å². The molecule has 0 atom stereocenters. The average Bonchev–Trinajstić information content (AvgIpc) is 3.03. The first-order chi connectivity index (χ1) is 11.1. The molecule has 23 heavy (non-hydrogen) atoms. The van der Waals surface area contributed by atoms with E-state index in [-0.39, 0.29) is 5.56 Å². The monoisotopic (exact) mass is 307 g/mol. The van der Waals surface area contributed by atoms with Gasteiger partial charge in [0.25, 0.3) is 0 Å². The second-order valence-electron chi connectivity index (χ2n) is 5.41. The van der Waals surface area contributed by atoms with Gasteiger partial charge in [-0.1, -0.05) is 29.8 Å². The van der Waals surface area contributed by atoms with Crippen molar-refractivity contribution < 1.29 is 9.90 Å². The van der Waals surface area contributed by atoms with E-state index in [0.29, 0.717) is 5.82 Å². The minimum Gasteiger partial charge on any atom is -0.478 e. The van der Waals surface area contributed by atoms with Crippen LogP contribution in [0.4, 0.5) is 0 Å². The number of aryl methyl sites for hydroxylation is 2. The predicted octanol–water partition coefficient (Wildman–Crippen LogP) is 3.64. The number of carbonyl (C=O) groups is 1. The zero-order valence-corrected chi connectivity index (χ0v) is 13.0. The lowest BCUT2D eigenvalue weighted by Gasteiger charge is -2.09. The van der Waals surface area contributed by atoms with E-state index in [1.54, 1.807) is 18.5 Å². The molecule has 116 valence electrons. The van der Waals surface area contributed by atoms with Crippen LogP contribution in [0.5, 0.6) is 0 Å². The highest BCUT2D eigenvalue weighted by molar-refractivity contribution is 5.91. The Hall–Kier alpha value is -2.95. The van der Waals surface area contributed by atoms with Crippen molar-refractivity contribution in [1.82, 2.24) is 14.8 Å². The van der Waals surface area contributed by atoms with Crippen LogP contribution in [-0.4, -0.2) is 25.8 Å². The number of hydrogen-bond acceptors (Lipinski definition) is 3. The van der Waals surface area contributed by atoms with E-state index in [2.05, 4.69) is 10.2 Å². The molecule has 0 aliphatic rings. The van der Waals surface area contributed by atoms with E-state index < -0.39 is 5.97 Å². The summed E-state index contributed by atoms with van der Waals surface area (Å²) < 4.78 is 1.89. The van der Waals surface area contributed by atoms with E-state index in [0.717, 1.165) is 28.8 Å². The summed E-state index contributed by atoms with van der Waals surface area (Å²) in [6.07, 6.45) is 1.65. The maximum absolute atomic E-state index is 11.5. The molecule has 0 amide bonds. The number of carboxylic acid groups (broad SMARTS) is 1. The third kappa shape index (κ3) is 2.99. The smallest absolute Gasteiger partial charge is 0.335 e. The highest BCUT2D eigenvalue weighted by Crippen LogP contribution is 2.27. The van der Waals surface area contributed by atoms with Gasteiger partial charge in [-0.3, -0.25) is 0 Å². The lowest BCUT2D eigenvalue weighted by atomic mass is 9.98. The van der Waals surface area contributed by atoms with Gasteiger partial charge in [-0.15, -0.1) is 10.2 Å². The molecule has 2 aromatic carbocycles.